The number of aliphatic hydroxyl groups excluding tert-OH is 1. The maximum absolute atomic E-state index is 12.0. The standard InChI is InChI=1S/C16H14N2O2S2/c19-9-11-4-3-5-12(8-11)17-15(20)10-21-16-18-13-6-1-2-7-14(13)22-16/h1-8,19H,9-10H2,(H,17,20). The molecule has 0 aliphatic carbocycles. The normalized spacial score (nSPS) is 10.8. The molecule has 1 amide bonds. The molecule has 0 aliphatic rings. The van der Waals surface area contributed by atoms with E-state index in [1.807, 2.05) is 36.4 Å². The van der Waals surface area contributed by atoms with E-state index in [2.05, 4.69) is 10.3 Å². The minimum atomic E-state index is -0.0839. The second-order valence-electron chi connectivity index (χ2n) is 4.64. The van der Waals surface area contributed by atoms with Crippen LogP contribution in [0.3, 0.4) is 0 Å². The number of aliphatic hydroxyl groups is 1. The second kappa shape index (κ2) is 6.91. The van der Waals surface area contributed by atoms with Crippen molar-refractivity contribution < 1.29 is 9.90 Å². The molecule has 0 radical (unpaired) electrons. The molecule has 2 aromatic carbocycles. The minimum Gasteiger partial charge on any atom is -0.392 e. The number of aromatic nitrogens is 1. The van der Waals surface area contributed by atoms with Crippen LogP contribution in [0.4, 0.5) is 5.69 Å². The molecule has 4 nitrogen and oxygen atoms in total. The molecule has 0 fully saturated rings. The zero-order valence-corrected chi connectivity index (χ0v) is 13.3. The van der Waals surface area contributed by atoms with Crippen molar-refractivity contribution in [2.24, 2.45) is 0 Å². The van der Waals surface area contributed by atoms with Gasteiger partial charge in [0.05, 0.1) is 22.6 Å². The van der Waals surface area contributed by atoms with E-state index < -0.39 is 0 Å². The highest BCUT2D eigenvalue weighted by Crippen LogP contribution is 2.29. The fourth-order valence-corrected chi connectivity index (χ4v) is 3.85. The molecule has 0 atom stereocenters. The van der Waals surface area contributed by atoms with Crippen molar-refractivity contribution in [2.45, 2.75) is 10.9 Å². The quantitative estimate of drug-likeness (QED) is 0.703. The van der Waals surface area contributed by atoms with Gasteiger partial charge >= 0.3 is 0 Å². The average Bonchev–Trinajstić information content (AvgIpc) is 2.96. The Morgan fingerprint density at radius 1 is 1.23 bits per heavy atom. The molecule has 0 aliphatic heterocycles. The highest BCUT2D eigenvalue weighted by atomic mass is 32.2. The molecule has 3 rings (SSSR count). The summed E-state index contributed by atoms with van der Waals surface area (Å²) in [7, 11) is 0. The maximum Gasteiger partial charge on any atom is 0.234 e. The molecule has 3 aromatic rings. The molecular weight excluding hydrogens is 316 g/mol. The fourth-order valence-electron chi connectivity index (χ4n) is 1.98. The molecule has 0 saturated carbocycles. The number of carbonyl (C=O) groups excluding carboxylic acids is 1. The number of benzene rings is 2. The van der Waals surface area contributed by atoms with Gasteiger partial charge < -0.3 is 10.4 Å². The SMILES string of the molecule is O=C(CSc1nc2ccccc2s1)Nc1cccc(CO)c1. The van der Waals surface area contributed by atoms with Crippen LogP contribution in [0.1, 0.15) is 5.56 Å². The van der Waals surface area contributed by atoms with Crippen LogP contribution < -0.4 is 5.32 Å². The van der Waals surface area contributed by atoms with E-state index in [9.17, 15) is 4.79 Å². The number of anilines is 1. The Labute approximate surface area is 136 Å². The van der Waals surface area contributed by atoms with Crippen molar-refractivity contribution >= 4 is 44.9 Å². The van der Waals surface area contributed by atoms with E-state index in [0.717, 1.165) is 20.1 Å². The second-order valence-corrected chi connectivity index (χ2v) is 6.90. The molecule has 1 aromatic heterocycles. The number of thiazole rings is 1. The van der Waals surface area contributed by atoms with Gasteiger partial charge in [-0.25, -0.2) is 4.98 Å². The van der Waals surface area contributed by atoms with Gasteiger partial charge in [-0.05, 0) is 29.8 Å². The first kappa shape index (κ1) is 15.0. The van der Waals surface area contributed by atoms with Gasteiger partial charge in [-0.3, -0.25) is 4.79 Å². The summed E-state index contributed by atoms with van der Waals surface area (Å²) in [6, 6.07) is 15.1. The lowest BCUT2D eigenvalue weighted by molar-refractivity contribution is -0.113. The van der Waals surface area contributed by atoms with Gasteiger partial charge in [0.15, 0.2) is 4.34 Å². The zero-order chi connectivity index (χ0) is 15.4. The predicted octanol–water partition coefficient (Wildman–Crippen LogP) is 3.52. The number of hydrogen-bond donors (Lipinski definition) is 2. The van der Waals surface area contributed by atoms with Crippen molar-refractivity contribution in [2.75, 3.05) is 11.1 Å². The summed E-state index contributed by atoms with van der Waals surface area (Å²) in [4.78, 5) is 16.5. The first-order valence-electron chi connectivity index (χ1n) is 6.72. The highest BCUT2D eigenvalue weighted by molar-refractivity contribution is 8.01. The van der Waals surface area contributed by atoms with Crippen LogP contribution in [-0.4, -0.2) is 21.8 Å². The van der Waals surface area contributed by atoms with Gasteiger partial charge in [-0.15, -0.1) is 11.3 Å². The molecule has 0 spiro atoms. The third-order valence-electron chi connectivity index (χ3n) is 2.99. The lowest BCUT2D eigenvalue weighted by Gasteiger charge is -2.05. The Hall–Kier alpha value is -1.89. The number of thioether (sulfide) groups is 1. The number of carbonyl (C=O) groups is 1. The van der Waals surface area contributed by atoms with Gasteiger partial charge in [-0.2, -0.15) is 0 Å². The third-order valence-corrected chi connectivity index (χ3v) is 5.17. The first-order valence-corrected chi connectivity index (χ1v) is 8.53. The van der Waals surface area contributed by atoms with E-state index in [0.29, 0.717) is 11.4 Å². The Bertz CT molecular complexity index is 768. The molecular formula is C16H14N2O2S2. The summed E-state index contributed by atoms with van der Waals surface area (Å²) in [5.41, 5.74) is 2.43. The molecule has 6 heteroatoms. The van der Waals surface area contributed by atoms with Crippen LogP contribution in [0, 0.1) is 0 Å². The molecule has 0 bridgehead atoms. The van der Waals surface area contributed by atoms with Crippen LogP contribution in [0.2, 0.25) is 0 Å². The van der Waals surface area contributed by atoms with Crippen molar-refractivity contribution in [3.63, 3.8) is 0 Å². The predicted molar refractivity (Wildman–Crippen MR) is 91.3 cm³/mol. The summed E-state index contributed by atoms with van der Waals surface area (Å²) in [5, 5.41) is 11.9. The van der Waals surface area contributed by atoms with E-state index in [4.69, 9.17) is 5.11 Å². The van der Waals surface area contributed by atoms with Gasteiger partial charge in [0, 0.05) is 5.69 Å². The van der Waals surface area contributed by atoms with Crippen LogP contribution in [-0.2, 0) is 11.4 Å². The molecule has 2 N–H and O–H groups in total. The Morgan fingerprint density at radius 2 is 2.09 bits per heavy atom. The monoisotopic (exact) mass is 330 g/mol. The molecule has 1 heterocycles. The van der Waals surface area contributed by atoms with Crippen molar-refractivity contribution in [3.05, 3.63) is 54.1 Å². The van der Waals surface area contributed by atoms with Crippen molar-refractivity contribution in [3.8, 4) is 0 Å². The van der Waals surface area contributed by atoms with Crippen LogP contribution in [0.5, 0.6) is 0 Å². The molecule has 22 heavy (non-hydrogen) atoms. The van der Waals surface area contributed by atoms with E-state index >= 15 is 0 Å². The lowest BCUT2D eigenvalue weighted by atomic mass is 10.2. The Balaban J connectivity index is 1.59. The third kappa shape index (κ3) is 3.65. The van der Waals surface area contributed by atoms with Gasteiger partial charge in [-0.1, -0.05) is 36.0 Å². The summed E-state index contributed by atoms with van der Waals surface area (Å²) < 4.78 is 2.02. The smallest absolute Gasteiger partial charge is 0.234 e. The van der Waals surface area contributed by atoms with Crippen LogP contribution >= 0.6 is 23.1 Å². The number of nitrogens with zero attached hydrogens (tertiary/aromatic N) is 1. The Kier molecular flexibility index (Phi) is 4.72. The molecule has 0 unspecified atom stereocenters. The highest BCUT2D eigenvalue weighted by Gasteiger charge is 2.08. The number of amides is 1. The average molecular weight is 330 g/mol. The van der Waals surface area contributed by atoms with Gasteiger partial charge in [0.25, 0.3) is 0 Å². The van der Waals surface area contributed by atoms with E-state index in [-0.39, 0.29) is 12.5 Å². The lowest BCUT2D eigenvalue weighted by Crippen LogP contribution is -2.14. The zero-order valence-electron chi connectivity index (χ0n) is 11.7. The minimum absolute atomic E-state index is 0.0375. The van der Waals surface area contributed by atoms with Crippen molar-refractivity contribution in [1.82, 2.24) is 4.98 Å². The maximum atomic E-state index is 12.0. The first-order chi connectivity index (χ1) is 10.7. The summed E-state index contributed by atoms with van der Waals surface area (Å²) in [5.74, 6) is 0.225. The topological polar surface area (TPSA) is 62.2 Å². The number of para-hydroxylation sites is 1. The number of hydrogen-bond acceptors (Lipinski definition) is 5. The molecule has 112 valence electrons. The number of fused-ring (bicyclic) bond motifs is 1. The number of rotatable bonds is 5. The van der Waals surface area contributed by atoms with Crippen molar-refractivity contribution in [1.29, 1.82) is 0 Å². The van der Waals surface area contributed by atoms with Gasteiger partial charge in [0.2, 0.25) is 5.91 Å². The van der Waals surface area contributed by atoms with Gasteiger partial charge in [0.1, 0.15) is 0 Å². The summed E-state index contributed by atoms with van der Waals surface area (Å²) >= 11 is 3.02. The van der Waals surface area contributed by atoms with E-state index in [1.165, 1.54) is 11.8 Å². The fraction of sp³-hybridized carbons (Fsp3) is 0.125. The van der Waals surface area contributed by atoms with Crippen LogP contribution in [0.25, 0.3) is 10.2 Å². The number of nitrogens with one attached hydrogen (secondary N) is 1. The summed E-state index contributed by atoms with van der Waals surface area (Å²) in [6.45, 7) is -0.0375. The van der Waals surface area contributed by atoms with Crippen LogP contribution in [0.15, 0.2) is 52.9 Å². The largest absolute Gasteiger partial charge is 0.392 e. The van der Waals surface area contributed by atoms with E-state index in [1.54, 1.807) is 23.5 Å². The Morgan fingerprint density at radius 3 is 2.91 bits per heavy atom. The molecule has 0 saturated heterocycles. The summed E-state index contributed by atoms with van der Waals surface area (Å²) in [6.07, 6.45) is 0.